The molecule has 17 heavy (non-hydrogen) atoms. The highest BCUT2D eigenvalue weighted by Crippen LogP contribution is 2.09. The van der Waals surface area contributed by atoms with Gasteiger partial charge in [-0.15, -0.1) is 0 Å². The number of hydrogen-bond donors (Lipinski definition) is 2. The van der Waals surface area contributed by atoms with E-state index in [0.29, 0.717) is 18.3 Å². The fraction of sp³-hybridized carbons (Fsp3) is 0.182. The molecule has 0 spiro atoms. The number of nitrogens with zero attached hydrogens (tertiary/aromatic N) is 3. The second kappa shape index (κ2) is 5.76. The van der Waals surface area contributed by atoms with Gasteiger partial charge < -0.3 is 10.2 Å². The van der Waals surface area contributed by atoms with Crippen molar-refractivity contribution in [1.29, 1.82) is 0 Å². The van der Waals surface area contributed by atoms with Gasteiger partial charge in [0, 0.05) is 24.4 Å². The van der Waals surface area contributed by atoms with Crippen molar-refractivity contribution in [2.75, 3.05) is 12.0 Å². The van der Waals surface area contributed by atoms with Crippen molar-refractivity contribution in [2.45, 2.75) is 6.42 Å². The number of nitrogens with one attached hydrogen (secondary N) is 1. The number of rotatable bonds is 5. The van der Waals surface area contributed by atoms with Gasteiger partial charge >= 0.3 is 0 Å². The SMILES string of the molecule is NNc1cc(OCCc2ccccn2)ncn1. The minimum absolute atomic E-state index is 0.490. The summed E-state index contributed by atoms with van der Waals surface area (Å²) >= 11 is 0. The maximum absolute atomic E-state index is 5.47. The molecular weight excluding hydrogens is 218 g/mol. The monoisotopic (exact) mass is 231 g/mol. The van der Waals surface area contributed by atoms with Gasteiger partial charge in [0.05, 0.1) is 6.61 Å². The Morgan fingerprint density at radius 3 is 2.94 bits per heavy atom. The third-order valence-electron chi connectivity index (χ3n) is 2.12. The zero-order valence-corrected chi connectivity index (χ0v) is 9.21. The summed E-state index contributed by atoms with van der Waals surface area (Å²) in [5.74, 6) is 6.24. The first-order valence-electron chi connectivity index (χ1n) is 5.20. The van der Waals surface area contributed by atoms with Crippen molar-refractivity contribution in [2.24, 2.45) is 5.84 Å². The zero-order valence-electron chi connectivity index (χ0n) is 9.21. The van der Waals surface area contributed by atoms with Gasteiger partial charge in [0.1, 0.15) is 12.1 Å². The highest BCUT2D eigenvalue weighted by atomic mass is 16.5. The van der Waals surface area contributed by atoms with Gasteiger partial charge in [-0.3, -0.25) is 4.98 Å². The van der Waals surface area contributed by atoms with Gasteiger partial charge in [-0.25, -0.2) is 15.8 Å². The molecule has 88 valence electrons. The molecule has 0 aliphatic rings. The maximum atomic E-state index is 5.47. The highest BCUT2D eigenvalue weighted by Gasteiger charge is 1.99. The van der Waals surface area contributed by atoms with E-state index >= 15 is 0 Å². The van der Waals surface area contributed by atoms with Crippen molar-refractivity contribution in [3.05, 3.63) is 42.5 Å². The standard InChI is InChI=1S/C11H13N5O/c12-16-10-7-11(15-8-14-10)17-6-4-9-3-1-2-5-13-9/h1-3,5,7-8H,4,6,12H2,(H,14,15,16). The van der Waals surface area contributed by atoms with E-state index in [1.807, 2.05) is 18.2 Å². The summed E-state index contributed by atoms with van der Waals surface area (Å²) in [5.41, 5.74) is 3.42. The molecule has 0 amide bonds. The van der Waals surface area contributed by atoms with Crippen LogP contribution in [0.25, 0.3) is 0 Å². The number of ether oxygens (including phenoxy) is 1. The van der Waals surface area contributed by atoms with Crippen LogP contribution in [0.4, 0.5) is 5.82 Å². The average Bonchev–Trinajstić information content (AvgIpc) is 2.40. The quantitative estimate of drug-likeness (QED) is 0.584. The summed E-state index contributed by atoms with van der Waals surface area (Å²) in [7, 11) is 0. The molecule has 2 aromatic heterocycles. The minimum atomic E-state index is 0.490. The average molecular weight is 231 g/mol. The number of anilines is 1. The number of nitrogens with two attached hydrogens (primary N) is 1. The number of aromatic nitrogens is 3. The lowest BCUT2D eigenvalue weighted by Crippen LogP contribution is -2.09. The van der Waals surface area contributed by atoms with Crippen LogP contribution in [0, 0.1) is 0 Å². The molecule has 0 radical (unpaired) electrons. The lowest BCUT2D eigenvalue weighted by molar-refractivity contribution is 0.308. The van der Waals surface area contributed by atoms with Crippen molar-refractivity contribution >= 4 is 5.82 Å². The first kappa shape index (κ1) is 11.3. The minimum Gasteiger partial charge on any atom is -0.477 e. The van der Waals surface area contributed by atoms with E-state index in [9.17, 15) is 0 Å². The Balaban J connectivity index is 1.86. The third-order valence-corrected chi connectivity index (χ3v) is 2.12. The van der Waals surface area contributed by atoms with E-state index in [1.54, 1.807) is 12.3 Å². The Morgan fingerprint density at radius 2 is 2.18 bits per heavy atom. The second-order valence-corrected chi connectivity index (χ2v) is 3.31. The summed E-state index contributed by atoms with van der Waals surface area (Å²) in [4.78, 5) is 12.1. The van der Waals surface area contributed by atoms with E-state index in [4.69, 9.17) is 10.6 Å². The van der Waals surface area contributed by atoms with Gasteiger partial charge in [0.2, 0.25) is 5.88 Å². The number of hydrogen-bond acceptors (Lipinski definition) is 6. The molecule has 2 heterocycles. The van der Waals surface area contributed by atoms with Crippen LogP contribution in [0.15, 0.2) is 36.8 Å². The van der Waals surface area contributed by atoms with E-state index in [-0.39, 0.29) is 0 Å². The van der Waals surface area contributed by atoms with E-state index in [1.165, 1.54) is 6.33 Å². The first-order chi connectivity index (χ1) is 8.38. The molecule has 3 N–H and O–H groups in total. The molecule has 0 saturated carbocycles. The van der Waals surface area contributed by atoms with Crippen LogP contribution < -0.4 is 16.0 Å². The Hall–Kier alpha value is -2.21. The molecule has 2 aromatic rings. The molecule has 2 rings (SSSR count). The lowest BCUT2D eigenvalue weighted by Gasteiger charge is -2.05. The normalized spacial score (nSPS) is 9.94. The maximum Gasteiger partial charge on any atom is 0.218 e. The molecular formula is C11H13N5O. The number of pyridine rings is 1. The van der Waals surface area contributed by atoms with Crippen LogP contribution >= 0.6 is 0 Å². The van der Waals surface area contributed by atoms with Gasteiger partial charge in [-0.2, -0.15) is 0 Å². The molecule has 0 saturated heterocycles. The third kappa shape index (κ3) is 3.39. The zero-order chi connectivity index (χ0) is 11.9. The van der Waals surface area contributed by atoms with E-state index in [0.717, 1.165) is 12.1 Å². The largest absolute Gasteiger partial charge is 0.477 e. The van der Waals surface area contributed by atoms with E-state index < -0.39 is 0 Å². The Labute approximate surface area is 98.9 Å². The Bertz CT molecular complexity index is 462. The van der Waals surface area contributed by atoms with Crippen LogP contribution in [0.2, 0.25) is 0 Å². The number of nitrogen functional groups attached to an aromatic ring is 1. The van der Waals surface area contributed by atoms with Crippen molar-refractivity contribution in [3.8, 4) is 5.88 Å². The molecule has 0 aromatic carbocycles. The van der Waals surface area contributed by atoms with Gasteiger partial charge in [-0.1, -0.05) is 6.07 Å². The molecule has 0 atom stereocenters. The molecule has 0 fully saturated rings. The van der Waals surface area contributed by atoms with Crippen LogP contribution in [-0.4, -0.2) is 21.6 Å². The summed E-state index contributed by atoms with van der Waals surface area (Å²) in [6.45, 7) is 0.512. The van der Waals surface area contributed by atoms with E-state index in [2.05, 4.69) is 20.4 Å². The van der Waals surface area contributed by atoms with Crippen molar-refractivity contribution in [3.63, 3.8) is 0 Å². The Morgan fingerprint density at radius 1 is 1.24 bits per heavy atom. The molecule has 0 aliphatic heterocycles. The smallest absolute Gasteiger partial charge is 0.218 e. The topological polar surface area (TPSA) is 86.0 Å². The van der Waals surface area contributed by atoms with Gasteiger partial charge in [0.25, 0.3) is 0 Å². The fourth-order valence-corrected chi connectivity index (χ4v) is 1.30. The van der Waals surface area contributed by atoms with Gasteiger partial charge in [-0.05, 0) is 12.1 Å². The second-order valence-electron chi connectivity index (χ2n) is 3.31. The predicted molar refractivity (Wildman–Crippen MR) is 63.3 cm³/mol. The molecule has 0 aliphatic carbocycles. The van der Waals surface area contributed by atoms with Crippen LogP contribution in [0.3, 0.4) is 0 Å². The van der Waals surface area contributed by atoms with Crippen molar-refractivity contribution < 1.29 is 4.74 Å². The van der Waals surface area contributed by atoms with Gasteiger partial charge in [0.15, 0.2) is 0 Å². The van der Waals surface area contributed by atoms with Crippen LogP contribution in [0.1, 0.15) is 5.69 Å². The molecule has 6 nitrogen and oxygen atoms in total. The van der Waals surface area contributed by atoms with Crippen LogP contribution in [-0.2, 0) is 6.42 Å². The summed E-state index contributed by atoms with van der Waals surface area (Å²) in [6.07, 6.45) is 3.89. The number of hydrazine groups is 1. The first-order valence-corrected chi connectivity index (χ1v) is 5.20. The highest BCUT2D eigenvalue weighted by molar-refractivity contribution is 5.35. The fourth-order valence-electron chi connectivity index (χ4n) is 1.30. The van der Waals surface area contributed by atoms with Crippen LogP contribution in [0.5, 0.6) is 5.88 Å². The summed E-state index contributed by atoms with van der Waals surface area (Å²) in [6, 6.07) is 7.42. The predicted octanol–water partition coefficient (Wildman–Crippen LogP) is 0.779. The van der Waals surface area contributed by atoms with Crippen molar-refractivity contribution in [1.82, 2.24) is 15.0 Å². The molecule has 0 bridgehead atoms. The Kier molecular flexibility index (Phi) is 3.82. The molecule has 6 heteroatoms. The summed E-state index contributed by atoms with van der Waals surface area (Å²) in [5, 5.41) is 0. The summed E-state index contributed by atoms with van der Waals surface area (Å²) < 4.78 is 5.47. The molecule has 0 unspecified atom stereocenters. The lowest BCUT2D eigenvalue weighted by atomic mass is 10.3.